The van der Waals surface area contributed by atoms with Crippen LogP contribution in [0.3, 0.4) is 0 Å². The minimum Gasteiger partial charge on any atom is -0.352 e. The Hall–Kier alpha value is -0.570. The van der Waals surface area contributed by atoms with Crippen molar-refractivity contribution in [2.75, 3.05) is 6.54 Å². The molecule has 17 heavy (non-hydrogen) atoms. The Kier molecular flexibility index (Phi) is 5.44. The van der Waals surface area contributed by atoms with Gasteiger partial charge in [-0.1, -0.05) is 27.2 Å². The van der Waals surface area contributed by atoms with E-state index in [1.165, 1.54) is 19.3 Å². The highest BCUT2D eigenvalue weighted by Crippen LogP contribution is 2.39. The molecule has 0 aromatic rings. The quantitative estimate of drug-likeness (QED) is 0.717. The van der Waals surface area contributed by atoms with Gasteiger partial charge >= 0.3 is 0 Å². The first-order valence-electron chi connectivity index (χ1n) is 7.04. The lowest BCUT2D eigenvalue weighted by molar-refractivity contribution is -0.123. The van der Waals surface area contributed by atoms with E-state index in [9.17, 15) is 4.79 Å². The Morgan fingerprint density at radius 2 is 1.88 bits per heavy atom. The highest BCUT2D eigenvalue weighted by atomic mass is 16.2. The number of hydrogen-bond acceptors (Lipinski definition) is 2. The molecule has 1 aliphatic carbocycles. The molecule has 0 saturated heterocycles. The Bertz CT molecular complexity index is 245. The van der Waals surface area contributed by atoms with Gasteiger partial charge in [0.05, 0.1) is 6.04 Å². The van der Waals surface area contributed by atoms with Gasteiger partial charge in [-0.3, -0.25) is 4.79 Å². The molecule has 3 nitrogen and oxygen atoms in total. The van der Waals surface area contributed by atoms with Gasteiger partial charge in [0.15, 0.2) is 0 Å². The molecule has 0 bridgehead atoms. The summed E-state index contributed by atoms with van der Waals surface area (Å²) in [5.74, 6) is 0.140. The van der Waals surface area contributed by atoms with Crippen LogP contribution in [0, 0.1) is 5.41 Å². The third-order valence-electron chi connectivity index (χ3n) is 4.12. The Balaban J connectivity index is 2.26. The maximum atomic E-state index is 11.9. The summed E-state index contributed by atoms with van der Waals surface area (Å²) in [5.41, 5.74) is 0.434. The molecule has 0 aromatic heterocycles. The second kappa shape index (κ2) is 6.39. The lowest BCUT2D eigenvalue weighted by Crippen LogP contribution is -2.49. The lowest BCUT2D eigenvalue weighted by atomic mass is 9.70. The fraction of sp³-hybridized carbons (Fsp3) is 0.929. The fourth-order valence-electron chi connectivity index (χ4n) is 2.27. The third kappa shape index (κ3) is 4.30. The molecule has 0 radical (unpaired) electrons. The summed E-state index contributed by atoms with van der Waals surface area (Å²) in [4.78, 5) is 11.9. The number of nitrogens with one attached hydrogen (secondary N) is 2. The molecule has 1 amide bonds. The molecule has 0 aliphatic heterocycles. The second-order valence-corrected chi connectivity index (χ2v) is 5.79. The monoisotopic (exact) mass is 240 g/mol. The number of rotatable bonds is 7. The molecule has 1 atom stereocenters. The van der Waals surface area contributed by atoms with Crippen molar-refractivity contribution in [2.45, 2.75) is 71.9 Å². The molecule has 100 valence electrons. The summed E-state index contributed by atoms with van der Waals surface area (Å²) in [6, 6.07) is 0.249. The lowest BCUT2D eigenvalue weighted by Gasteiger charge is -2.39. The van der Waals surface area contributed by atoms with Crippen molar-refractivity contribution in [3.05, 3.63) is 0 Å². The molecular formula is C14H28N2O. The summed E-state index contributed by atoms with van der Waals surface area (Å²) >= 11 is 0. The van der Waals surface area contributed by atoms with Gasteiger partial charge in [0.25, 0.3) is 0 Å². The minimum atomic E-state index is -0.0759. The molecule has 1 unspecified atom stereocenters. The number of amides is 1. The zero-order valence-corrected chi connectivity index (χ0v) is 11.8. The van der Waals surface area contributed by atoms with Gasteiger partial charge in [0.2, 0.25) is 5.91 Å². The Morgan fingerprint density at radius 3 is 2.29 bits per heavy atom. The van der Waals surface area contributed by atoms with Crippen molar-refractivity contribution < 1.29 is 4.79 Å². The number of carbonyl (C=O) groups is 1. The Morgan fingerprint density at radius 1 is 1.29 bits per heavy atom. The van der Waals surface area contributed by atoms with Crippen LogP contribution in [-0.4, -0.2) is 24.5 Å². The SMILES string of the molecule is CCC(CC)NC(=O)C(C)NCC1(C)CCC1. The van der Waals surface area contributed by atoms with Crippen molar-refractivity contribution in [3.63, 3.8) is 0 Å². The van der Waals surface area contributed by atoms with E-state index < -0.39 is 0 Å². The highest BCUT2D eigenvalue weighted by molar-refractivity contribution is 5.81. The van der Waals surface area contributed by atoms with Crippen LogP contribution in [-0.2, 0) is 4.79 Å². The van der Waals surface area contributed by atoms with E-state index >= 15 is 0 Å². The van der Waals surface area contributed by atoms with Crippen LogP contribution in [0.4, 0.5) is 0 Å². The van der Waals surface area contributed by atoms with Gasteiger partial charge in [0, 0.05) is 12.6 Å². The summed E-state index contributed by atoms with van der Waals surface area (Å²) in [6.45, 7) is 9.45. The molecule has 0 spiro atoms. The maximum Gasteiger partial charge on any atom is 0.237 e. The van der Waals surface area contributed by atoms with E-state index in [0.29, 0.717) is 11.5 Å². The fourth-order valence-corrected chi connectivity index (χ4v) is 2.27. The molecule has 0 aromatic carbocycles. The summed E-state index contributed by atoms with van der Waals surface area (Å²) in [7, 11) is 0. The van der Waals surface area contributed by atoms with Gasteiger partial charge in [-0.15, -0.1) is 0 Å². The first-order valence-corrected chi connectivity index (χ1v) is 7.04. The molecule has 1 rings (SSSR count). The van der Waals surface area contributed by atoms with E-state index in [1.54, 1.807) is 0 Å². The van der Waals surface area contributed by atoms with Gasteiger partial charge in [-0.25, -0.2) is 0 Å². The van der Waals surface area contributed by atoms with Gasteiger partial charge in [-0.05, 0) is 38.0 Å². The predicted octanol–water partition coefficient (Wildman–Crippen LogP) is 2.46. The predicted molar refractivity (Wildman–Crippen MR) is 71.9 cm³/mol. The van der Waals surface area contributed by atoms with Crippen molar-refractivity contribution >= 4 is 5.91 Å². The smallest absolute Gasteiger partial charge is 0.237 e. The second-order valence-electron chi connectivity index (χ2n) is 5.79. The van der Waals surface area contributed by atoms with Crippen molar-refractivity contribution in [1.29, 1.82) is 0 Å². The van der Waals surface area contributed by atoms with E-state index in [0.717, 1.165) is 19.4 Å². The average Bonchev–Trinajstić information content (AvgIpc) is 2.30. The van der Waals surface area contributed by atoms with Crippen molar-refractivity contribution in [1.82, 2.24) is 10.6 Å². The zero-order valence-electron chi connectivity index (χ0n) is 11.8. The molecule has 2 N–H and O–H groups in total. The normalized spacial score (nSPS) is 19.8. The third-order valence-corrected chi connectivity index (χ3v) is 4.12. The first-order chi connectivity index (χ1) is 8.00. The van der Waals surface area contributed by atoms with Gasteiger partial charge in [-0.2, -0.15) is 0 Å². The average molecular weight is 240 g/mol. The van der Waals surface area contributed by atoms with Gasteiger partial charge in [0.1, 0.15) is 0 Å². The molecule has 3 heteroatoms. The summed E-state index contributed by atoms with van der Waals surface area (Å²) in [6.07, 6.45) is 5.94. The molecule has 1 saturated carbocycles. The van der Waals surface area contributed by atoms with Crippen LogP contribution >= 0.6 is 0 Å². The van der Waals surface area contributed by atoms with Crippen molar-refractivity contribution in [2.24, 2.45) is 5.41 Å². The zero-order chi connectivity index (χ0) is 12.9. The number of carbonyl (C=O) groups excluding carboxylic acids is 1. The van der Waals surface area contributed by atoms with Crippen LogP contribution < -0.4 is 10.6 Å². The molecule has 1 fully saturated rings. The van der Waals surface area contributed by atoms with E-state index in [-0.39, 0.29) is 11.9 Å². The molecule has 1 aliphatic rings. The Labute approximate surface area is 106 Å². The van der Waals surface area contributed by atoms with Crippen LogP contribution in [0.5, 0.6) is 0 Å². The minimum absolute atomic E-state index is 0.0759. The van der Waals surface area contributed by atoms with Crippen LogP contribution in [0.25, 0.3) is 0 Å². The van der Waals surface area contributed by atoms with Crippen molar-refractivity contribution in [3.8, 4) is 0 Å². The molecule has 0 heterocycles. The standard InChI is InChI=1S/C14H28N2O/c1-5-12(6-2)16-13(17)11(3)15-10-14(4)8-7-9-14/h11-12,15H,5-10H2,1-4H3,(H,16,17). The van der Waals surface area contributed by atoms with Gasteiger partial charge < -0.3 is 10.6 Å². The van der Waals surface area contributed by atoms with E-state index in [4.69, 9.17) is 0 Å². The summed E-state index contributed by atoms with van der Waals surface area (Å²) < 4.78 is 0. The first kappa shape index (κ1) is 14.5. The molecular weight excluding hydrogens is 212 g/mol. The topological polar surface area (TPSA) is 41.1 Å². The van der Waals surface area contributed by atoms with E-state index in [2.05, 4.69) is 31.4 Å². The van der Waals surface area contributed by atoms with Crippen LogP contribution in [0.1, 0.15) is 59.8 Å². The number of hydrogen-bond donors (Lipinski definition) is 2. The van der Waals surface area contributed by atoms with Crippen LogP contribution in [0.2, 0.25) is 0 Å². The largest absolute Gasteiger partial charge is 0.352 e. The maximum absolute atomic E-state index is 11.9. The summed E-state index contributed by atoms with van der Waals surface area (Å²) in [5, 5.41) is 6.45. The highest BCUT2D eigenvalue weighted by Gasteiger charge is 2.32. The van der Waals surface area contributed by atoms with Crippen LogP contribution in [0.15, 0.2) is 0 Å². The van der Waals surface area contributed by atoms with E-state index in [1.807, 2.05) is 6.92 Å².